The molecule has 442 valence electrons. The Bertz CT molecular complexity index is 3240. The van der Waals surface area contributed by atoms with Gasteiger partial charge in [0.25, 0.3) is 5.91 Å². The summed E-state index contributed by atoms with van der Waals surface area (Å²) < 4.78 is 44.6. The number of aliphatic hydroxyl groups is 4. The molecule has 3 aliphatic carbocycles. The molecule has 2 saturated heterocycles. The van der Waals surface area contributed by atoms with E-state index in [9.17, 15) is 39.6 Å². The summed E-state index contributed by atoms with van der Waals surface area (Å²) in [6.45, 7) is 17.4. The van der Waals surface area contributed by atoms with E-state index < -0.39 is 113 Å². The predicted octanol–water partition coefficient (Wildman–Crippen LogP) is 6.60. The fourth-order valence-electron chi connectivity index (χ4n) is 12.0. The van der Waals surface area contributed by atoms with Crippen LogP contribution >= 0.6 is 0 Å². The number of amides is 2. The maximum Gasteiger partial charge on any atom is 0.333 e. The zero-order valence-corrected chi connectivity index (χ0v) is 48.4. The number of allylic oxidation sites excluding steroid dienone is 5. The highest BCUT2D eigenvalue weighted by Gasteiger charge is 2.81. The van der Waals surface area contributed by atoms with Crippen LogP contribution in [0.25, 0.3) is 6.08 Å². The van der Waals surface area contributed by atoms with Crippen LogP contribution in [0.3, 0.4) is 0 Å². The smallest absolute Gasteiger partial charge is 0.333 e. The van der Waals surface area contributed by atoms with Crippen LogP contribution in [-0.2, 0) is 46.4 Å². The summed E-state index contributed by atoms with van der Waals surface area (Å²) in [5.41, 5.74) is -1.70. The maximum absolute atomic E-state index is 16.0. The minimum absolute atomic E-state index is 0.0182. The highest BCUT2D eigenvalue weighted by Crippen LogP contribution is 2.69. The van der Waals surface area contributed by atoms with Crippen molar-refractivity contribution in [3.05, 3.63) is 135 Å². The van der Waals surface area contributed by atoms with E-state index in [1.165, 1.54) is 38.1 Å². The zero-order chi connectivity index (χ0) is 60.1. The van der Waals surface area contributed by atoms with Gasteiger partial charge in [0.15, 0.2) is 28.5 Å². The number of ketones is 2. The summed E-state index contributed by atoms with van der Waals surface area (Å²) in [6, 6.07) is 12.3. The number of hydrogen-bond acceptors (Lipinski definition) is 17. The van der Waals surface area contributed by atoms with Gasteiger partial charge in [0.05, 0.1) is 17.8 Å². The first-order valence-electron chi connectivity index (χ1n) is 28.1. The number of ether oxygens (including phenoxy) is 7. The molecule has 0 aromatic heterocycles. The van der Waals surface area contributed by atoms with Gasteiger partial charge in [-0.1, -0.05) is 65.8 Å². The number of aliphatic hydroxyl groups excluding tert-OH is 4. The van der Waals surface area contributed by atoms with Crippen molar-refractivity contribution >= 4 is 41.4 Å². The molecule has 12 atom stereocenters. The SMILES string of the molecule is CC(C)=CCCC1(C)C=Cc2c(c(CC=C(C)C)c3c(c2OC(=O)C(C)NC(=O)c2ccc(O[C@@H]4O[C@H](CO)[C@@H](O)[C@@H](O)[C@H]4O)cc2)C(=O)C2=CC4CC5C(C)(C)OC(CC=C(C)C(=O)NC(C)C(=O)OCc6ccccc6)(C4=O)C25O3)O1. The quantitative estimate of drug-likeness (QED) is 0.0319. The van der Waals surface area contributed by atoms with Crippen LogP contribution in [0.15, 0.2) is 107 Å². The summed E-state index contributed by atoms with van der Waals surface area (Å²) in [5.74, 6) is -4.92. The number of nitrogens with one attached hydrogen (secondary N) is 2. The van der Waals surface area contributed by atoms with Crippen LogP contribution in [0.5, 0.6) is 23.0 Å². The van der Waals surface area contributed by atoms with Crippen molar-refractivity contribution in [2.75, 3.05) is 6.61 Å². The number of fused-ring (bicyclic) bond motifs is 2. The number of hydrogen-bond donors (Lipinski definition) is 6. The van der Waals surface area contributed by atoms with Gasteiger partial charge in [0.1, 0.15) is 71.5 Å². The highest BCUT2D eigenvalue weighted by atomic mass is 16.7. The van der Waals surface area contributed by atoms with Crippen LogP contribution in [0.4, 0.5) is 0 Å². The van der Waals surface area contributed by atoms with Crippen LogP contribution in [-0.4, -0.2) is 128 Å². The standard InChI is InChI=1S/C64H74N2O17/c1-33(2)15-14-26-62(10)27-25-43-52(81-62)42(23-18-34(3)4)54-47(53(43)80-59(76)37(7)66-57(74)39-19-21-41(22-20-39)78-60-51(71)50(70)49(69)45(31-67)79-60)48(68)44-29-40-30-46-61(8,9)83-63(55(40)72,64(44,46)82-54)28-24-35(5)56(73)65-36(6)58(75)77-32-38-16-12-11-13-17-38/h11-13,15-22,24-25,27,29,36-37,40,45-46,49-51,60,67,69-71H,14,23,26,28,30-32H2,1-10H3,(H,65,73)(H,66,74)/t36?,37?,40?,45-,46?,49-,50-,51-,60-,62?,63?,64?/m1/s1. The molecule has 19 heteroatoms. The molecule has 19 nitrogen and oxygen atoms in total. The lowest BCUT2D eigenvalue weighted by Crippen LogP contribution is -2.72. The van der Waals surface area contributed by atoms with E-state index in [-0.39, 0.29) is 82.5 Å². The summed E-state index contributed by atoms with van der Waals surface area (Å²) in [5, 5.41) is 45.8. The second-order valence-corrected chi connectivity index (χ2v) is 23.7. The first-order valence-corrected chi connectivity index (χ1v) is 28.1. The van der Waals surface area contributed by atoms with Crippen LogP contribution in [0.1, 0.15) is 132 Å². The molecule has 4 aliphatic heterocycles. The zero-order valence-electron chi connectivity index (χ0n) is 48.4. The summed E-state index contributed by atoms with van der Waals surface area (Å²) in [4.78, 5) is 86.4. The fraction of sp³-hybridized carbons (Fsp3) is 0.469. The van der Waals surface area contributed by atoms with Gasteiger partial charge in [-0.2, -0.15) is 0 Å². The molecule has 7 unspecified atom stereocenters. The fourth-order valence-corrected chi connectivity index (χ4v) is 12.0. The lowest BCUT2D eigenvalue weighted by molar-refractivity contribution is -0.277. The molecule has 3 aromatic rings. The Hall–Kier alpha value is -7.26. The lowest BCUT2D eigenvalue weighted by Gasteiger charge is -2.56. The van der Waals surface area contributed by atoms with Gasteiger partial charge < -0.3 is 64.2 Å². The molecule has 4 bridgehead atoms. The van der Waals surface area contributed by atoms with Gasteiger partial charge in [0, 0.05) is 40.5 Å². The van der Waals surface area contributed by atoms with Crippen molar-refractivity contribution in [1.29, 1.82) is 0 Å². The van der Waals surface area contributed by atoms with Gasteiger partial charge in [-0.15, -0.1) is 0 Å². The third-order valence-electron chi connectivity index (χ3n) is 16.5. The maximum atomic E-state index is 16.0. The van der Waals surface area contributed by atoms with Crippen molar-refractivity contribution in [3.8, 4) is 23.0 Å². The molecular weight excluding hydrogens is 1070 g/mol. The molecule has 7 aliphatic rings. The highest BCUT2D eigenvalue weighted by molar-refractivity contribution is 6.19. The van der Waals surface area contributed by atoms with E-state index in [1.807, 2.05) is 91.0 Å². The molecule has 6 N–H and O–H groups in total. The molecule has 2 amide bonds. The first-order chi connectivity index (χ1) is 39.2. The predicted molar refractivity (Wildman–Crippen MR) is 302 cm³/mol. The van der Waals surface area contributed by atoms with E-state index in [0.717, 1.165) is 16.7 Å². The van der Waals surface area contributed by atoms with Gasteiger partial charge in [0.2, 0.25) is 12.2 Å². The monoisotopic (exact) mass is 1140 g/mol. The molecule has 3 fully saturated rings. The molecule has 0 radical (unpaired) electrons. The van der Waals surface area contributed by atoms with Crippen molar-refractivity contribution in [1.82, 2.24) is 10.6 Å². The number of carbonyl (C=O) groups is 6. The number of carbonyl (C=O) groups excluding carboxylic acids is 6. The van der Waals surface area contributed by atoms with Gasteiger partial charge in [-0.3, -0.25) is 19.2 Å². The molecular formula is C64H74N2O17. The molecule has 3 aromatic carbocycles. The van der Waals surface area contributed by atoms with E-state index in [1.54, 1.807) is 25.2 Å². The Balaban J connectivity index is 1.06. The van der Waals surface area contributed by atoms with Crippen LogP contribution < -0.4 is 29.6 Å². The van der Waals surface area contributed by atoms with Crippen molar-refractivity contribution in [2.45, 2.75) is 173 Å². The third-order valence-corrected chi connectivity index (χ3v) is 16.5. The van der Waals surface area contributed by atoms with E-state index >= 15 is 9.59 Å². The number of rotatable bonds is 19. The minimum atomic E-state index is -1.85. The van der Waals surface area contributed by atoms with Crippen molar-refractivity contribution in [3.63, 3.8) is 0 Å². The summed E-state index contributed by atoms with van der Waals surface area (Å²) >= 11 is 0. The molecule has 4 heterocycles. The topological polar surface area (TPSA) is 272 Å². The lowest BCUT2D eigenvalue weighted by atomic mass is 9.51. The van der Waals surface area contributed by atoms with Crippen molar-refractivity contribution < 1.29 is 82.4 Å². The molecule has 1 spiro atoms. The van der Waals surface area contributed by atoms with E-state index in [2.05, 4.69) is 16.7 Å². The second kappa shape index (κ2) is 23.4. The molecule has 1 saturated carbocycles. The Labute approximate surface area is 482 Å². The van der Waals surface area contributed by atoms with E-state index in [0.29, 0.717) is 18.4 Å². The molecule has 83 heavy (non-hydrogen) atoms. The Morgan fingerprint density at radius 1 is 0.819 bits per heavy atom. The second-order valence-electron chi connectivity index (χ2n) is 23.7. The number of esters is 2. The summed E-state index contributed by atoms with van der Waals surface area (Å²) in [6.07, 6.45) is 4.80. The normalized spacial score (nSPS) is 28.6. The average molecular weight is 1140 g/mol. The number of benzene rings is 3. The van der Waals surface area contributed by atoms with E-state index in [4.69, 9.17) is 33.2 Å². The largest absolute Gasteiger partial charge is 0.482 e. The van der Waals surface area contributed by atoms with Gasteiger partial charge in [-0.05, 0) is 137 Å². The van der Waals surface area contributed by atoms with Crippen LogP contribution in [0.2, 0.25) is 0 Å². The number of Topliss-reactive ketones (excluding diaryl/α,β-unsaturated/α-hetero) is 2. The Morgan fingerprint density at radius 3 is 2.18 bits per heavy atom. The average Bonchev–Trinajstić information content (AvgIpc) is 1.58. The van der Waals surface area contributed by atoms with Gasteiger partial charge in [-0.25, -0.2) is 9.59 Å². The Kier molecular flexibility index (Phi) is 17.0. The van der Waals surface area contributed by atoms with Crippen molar-refractivity contribution in [2.24, 2.45) is 11.8 Å². The third kappa shape index (κ3) is 11.3. The summed E-state index contributed by atoms with van der Waals surface area (Å²) in [7, 11) is 0. The minimum Gasteiger partial charge on any atom is -0.482 e. The van der Waals surface area contributed by atoms with Gasteiger partial charge >= 0.3 is 11.9 Å². The first kappa shape index (κ1) is 60.3. The Morgan fingerprint density at radius 2 is 1.51 bits per heavy atom. The van der Waals surface area contributed by atoms with Crippen LogP contribution in [0, 0.1) is 11.8 Å². The molecule has 10 rings (SSSR count).